The SMILES string of the molecule is CN(C)C/C=C/C(=O)Nc1ccc(F)cc1Nc1ncc(Br)c(Nc2ccc3ccccc3c2)n1. The second kappa shape index (κ2) is 11.1. The van der Waals surface area contributed by atoms with Crippen LogP contribution in [0.25, 0.3) is 10.8 Å². The van der Waals surface area contributed by atoms with Crippen molar-refractivity contribution in [2.45, 2.75) is 0 Å². The van der Waals surface area contributed by atoms with Gasteiger partial charge in [-0.15, -0.1) is 0 Å². The van der Waals surface area contributed by atoms with Crippen molar-refractivity contribution in [2.24, 2.45) is 0 Å². The second-order valence-electron chi connectivity index (χ2n) is 8.05. The zero-order chi connectivity index (χ0) is 24.8. The van der Waals surface area contributed by atoms with Gasteiger partial charge in [0, 0.05) is 24.5 Å². The van der Waals surface area contributed by atoms with Crippen molar-refractivity contribution in [3.8, 4) is 0 Å². The van der Waals surface area contributed by atoms with Gasteiger partial charge in [-0.3, -0.25) is 4.79 Å². The van der Waals surface area contributed by atoms with E-state index in [1.807, 2.05) is 55.4 Å². The van der Waals surface area contributed by atoms with E-state index in [0.717, 1.165) is 16.5 Å². The quantitative estimate of drug-likeness (QED) is 0.238. The van der Waals surface area contributed by atoms with Gasteiger partial charge >= 0.3 is 0 Å². The molecule has 35 heavy (non-hydrogen) atoms. The zero-order valence-electron chi connectivity index (χ0n) is 19.2. The Balaban J connectivity index is 1.54. The summed E-state index contributed by atoms with van der Waals surface area (Å²) in [6, 6.07) is 18.1. The first kappa shape index (κ1) is 24.3. The van der Waals surface area contributed by atoms with Crippen LogP contribution in [-0.4, -0.2) is 41.4 Å². The Morgan fingerprint density at radius 1 is 1.03 bits per heavy atom. The fourth-order valence-corrected chi connectivity index (χ4v) is 3.60. The van der Waals surface area contributed by atoms with Gasteiger partial charge in [-0.2, -0.15) is 4.98 Å². The fourth-order valence-electron chi connectivity index (χ4n) is 3.31. The molecule has 0 aliphatic carbocycles. The minimum atomic E-state index is -0.458. The van der Waals surface area contributed by atoms with Crippen molar-refractivity contribution >= 4 is 61.4 Å². The summed E-state index contributed by atoms with van der Waals surface area (Å²) in [5.74, 6) is -0.00992. The molecule has 0 aliphatic rings. The van der Waals surface area contributed by atoms with Crippen molar-refractivity contribution < 1.29 is 9.18 Å². The van der Waals surface area contributed by atoms with Crippen molar-refractivity contribution in [2.75, 3.05) is 36.6 Å². The highest BCUT2D eigenvalue weighted by Gasteiger charge is 2.11. The number of likely N-dealkylation sites (N-methyl/N-ethyl adjacent to an activating group) is 1. The first-order valence-corrected chi connectivity index (χ1v) is 11.6. The molecule has 3 N–H and O–H groups in total. The predicted molar refractivity (Wildman–Crippen MR) is 143 cm³/mol. The fraction of sp³-hybridized carbons (Fsp3) is 0.115. The van der Waals surface area contributed by atoms with Gasteiger partial charge in [0.15, 0.2) is 0 Å². The van der Waals surface area contributed by atoms with Crippen LogP contribution in [0.4, 0.5) is 33.2 Å². The molecule has 4 aromatic rings. The Kier molecular flexibility index (Phi) is 7.69. The topological polar surface area (TPSA) is 82.2 Å². The molecule has 0 aliphatic heterocycles. The first-order chi connectivity index (χ1) is 16.9. The summed E-state index contributed by atoms with van der Waals surface area (Å²) in [4.78, 5) is 23.0. The molecule has 178 valence electrons. The van der Waals surface area contributed by atoms with Gasteiger partial charge in [0.2, 0.25) is 11.9 Å². The summed E-state index contributed by atoms with van der Waals surface area (Å²) < 4.78 is 14.7. The summed E-state index contributed by atoms with van der Waals surface area (Å²) in [6.45, 7) is 0.627. The van der Waals surface area contributed by atoms with Gasteiger partial charge in [-0.25, -0.2) is 9.37 Å². The number of anilines is 5. The maximum Gasteiger partial charge on any atom is 0.248 e. The van der Waals surface area contributed by atoms with E-state index in [-0.39, 0.29) is 11.9 Å². The first-order valence-electron chi connectivity index (χ1n) is 10.8. The number of rotatable bonds is 8. The maximum atomic E-state index is 14.0. The van der Waals surface area contributed by atoms with Gasteiger partial charge in [0.1, 0.15) is 11.6 Å². The summed E-state index contributed by atoms with van der Waals surface area (Å²) in [6.07, 6.45) is 4.78. The average Bonchev–Trinajstić information content (AvgIpc) is 2.82. The maximum absolute atomic E-state index is 14.0. The number of carbonyl (C=O) groups is 1. The third-order valence-electron chi connectivity index (χ3n) is 4.98. The van der Waals surface area contributed by atoms with E-state index in [9.17, 15) is 9.18 Å². The van der Waals surface area contributed by atoms with E-state index in [2.05, 4.69) is 47.9 Å². The third kappa shape index (κ3) is 6.62. The highest BCUT2D eigenvalue weighted by molar-refractivity contribution is 9.10. The average molecular weight is 535 g/mol. The Labute approximate surface area is 211 Å². The van der Waals surface area contributed by atoms with Crippen LogP contribution in [0.15, 0.2) is 83.5 Å². The molecule has 1 heterocycles. The molecule has 0 unspecified atom stereocenters. The monoisotopic (exact) mass is 534 g/mol. The molecule has 0 saturated heterocycles. The number of aromatic nitrogens is 2. The third-order valence-corrected chi connectivity index (χ3v) is 5.56. The van der Waals surface area contributed by atoms with Crippen LogP contribution in [0.1, 0.15) is 0 Å². The lowest BCUT2D eigenvalue weighted by molar-refractivity contribution is -0.111. The van der Waals surface area contributed by atoms with Crippen LogP contribution in [0.2, 0.25) is 0 Å². The highest BCUT2D eigenvalue weighted by Crippen LogP contribution is 2.29. The predicted octanol–water partition coefficient (Wildman–Crippen LogP) is 6.07. The smallest absolute Gasteiger partial charge is 0.248 e. The van der Waals surface area contributed by atoms with E-state index in [1.165, 1.54) is 24.3 Å². The van der Waals surface area contributed by atoms with E-state index >= 15 is 0 Å². The van der Waals surface area contributed by atoms with Crippen LogP contribution in [0.5, 0.6) is 0 Å². The lowest BCUT2D eigenvalue weighted by atomic mass is 10.1. The van der Waals surface area contributed by atoms with E-state index < -0.39 is 5.82 Å². The van der Waals surface area contributed by atoms with Gasteiger partial charge in [0.25, 0.3) is 0 Å². The Bertz CT molecular complexity index is 1390. The van der Waals surface area contributed by atoms with Crippen molar-refractivity contribution in [3.63, 3.8) is 0 Å². The number of fused-ring (bicyclic) bond motifs is 1. The Hall–Kier alpha value is -3.82. The lowest BCUT2D eigenvalue weighted by Crippen LogP contribution is -2.13. The van der Waals surface area contributed by atoms with Crippen LogP contribution in [-0.2, 0) is 4.79 Å². The van der Waals surface area contributed by atoms with Gasteiger partial charge in [-0.05, 0) is 71.1 Å². The van der Waals surface area contributed by atoms with Gasteiger partial charge < -0.3 is 20.9 Å². The number of amides is 1. The number of carbonyl (C=O) groups excluding carboxylic acids is 1. The van der Waals surface area contributed by atoms with E-state index in [0.29, 0.717) is 28.2 Å². The Morgan fingerprint density at radius 2 is 1.83 bits per heavy atom. The summed E-state index contributed by atoms with van der Waals surface area (Å²) in [5.41, 5.74) is 1.59. The number of nitrogens with zero attached hydrogens (tertiary/aromatic N) is 3. The van der Waals surface area contributed by atoms with Crippen LogP contribution < -0.4 is 16.0 Å². The molecule has 0 fully saturated rings. The molecule has 7 nitrogen and oxygen atoms in total. The summed E-state index contributed by atoms with van der Waals surface area (Å²) in [5, 5.41) is 11.3. The molecule has 0 saturated carbocycles. The number of halogens is 2. The molecule has 0 bridgehead atoms. The van der Waals surface area contributed by atoms with Crippen LogP contribution in [0.3, 0.4) is 0 Å². The lowest BCUT2D eigenvalue weighted by Gasteiger charge is -2.14. The molecule has 1 amide bonds. The minimum Gasteiger partial charge on any atom is -0.339 e. The molecule has 3 aromatic carbocycles. The van der Waals surface area contributed by atoms with Crippen molar-refractivity contribution in [3.05, 3.63) is 89.3 Å². The number of nitrogens with one attached hydrogen (secondary N) is 3. The van der Waals surface area contributed by atoms with Gasteiger partial charge in [-0.1, -0.05) is 36.4 Å². The summed E-state index contributed by atoms with van der Waals surface area (Å²) >= 11 is 3.47. The zero-order valence-corrected chi connectivity index (χ0v) is 20.8. The minimum absolute atomic E-state index is 0.237. The molecule has 9 heteroatoms. The van der Waals surface area contributed by atoms with Crippen molar-refractivity contribution in [1.29, 1.82) is 0 Å². The van der Waals surface area contributed by atoms with Crippen LogP contribution >= 0.6 is 15.9 Å². The molecule has 0 spiro atoms. The second-order valence-corrected chi connectivity index (χ2v) is 8.90. The molecule has 0 radical (unpaired) electrons. The Morgan fingerprint density at radius 3 is 2.63 bits per heavy atom. The van der Waals surface area contributed by atoms with Gasteiger partial charge in [0.05, 0.1) is 15.8 Å². The largest absolute Gasteiger partial charge is 0.339 e. The standard InChI is InChI=1S/C26H24BrFN6O/c1-34(2)13-5-8-24(35)31-22-12-10-19(28)15-23(22)32-26-29-16-21(27)25(33-26)30-20-11-9-17-6-3-4-7-18(17)14-20/h3-12,14-16H,13H2,1-2H3,(H,31,35)(H2,29,30,32,33)/b8-5+. The van der Waals surface area contributed by atoms with Crippen molar-refractivity contribution in [1.82, 2.24) is 14.9 Å². The molecular weight excluding hydrogens is 511 g/mol. The molecule has 1 aromatic heterocycles. The summed E-state index contributed by atoms with van der Waals surface area (Å²) in [7, 11) is 3.82. The number of hydrogen-bond acceptors (Lipinski definition) is 6. The van der Waals surface area contributed by atoms with E-state index in [4.69, 9.17) is 0 Å². The normalized spacial score (nSPS) is 11.2. The number of hydrogen-bond donors (Lipinski definition) is 3. The van der Waals surface area contributed by atoms with E-state index in [1.54, 1.807) is 12.3 Å². The molecule has 4 rings (SSSR count). The van der Waals surface area contributed by atoms with Crippen LogP contribution in [0, 0.1) is 5.82 Å². The number of benzene rings is 3. The molecule has 0 atom stereocenters. The molecular formula is C26H24BrFN6O. The highest BCUT2D eigenvalue weighted by atomic mass is 79.9.